The zero-order chi connectivity index (χ0) is 21.3. The molecule has 0 fully saturated rings. The van der Waals surface area contributed by atoms with Gasteiger partial charge in [0.25, 0.3) is 0 Å². The zero-order valence-corrected chi connectivity index (χ0v) is 16.8. The van der Waals surface area contributed by atoms with E-state index in [4.69, 9.17) is 18.9 Å². The minimum atomic E-state index is -0.504. The summed E-state index contributed by atoms with van der Waals surface area (Å²) >= 11 is 0. The van der Waals surface area contributed by atoms with Gasteiger partial charge in [0.2, 0.25) is 18.6 Å². The monoisotopic (exact) mass is 413 g/mol. The van der Waals surface area contributed by atoms with Crippen molar-refractivity contribution in [3.63, 3.8) is 0 Å². The second-order valence-corrected chi connectivity index (χ2v) is 6.37. The third-order valence-corrected chi connectivity index (χ3v) is 4.30. The second kappa shape index (κ2) is 10.1. The van der Waals surface area contributed by atoms with Gasteiger partial charge in [-0.15, -0.1) is 0 Å². The second-order valence-electron chi connectivity index (χ2n) is 6.37. The third kappa shape index (κ3) is 5.63. The Bertz CT molecular complexity index is 944. The molecule has 0 bridgehead atoms. The van der Waals surface area contributed by atoms with Gasteiger partial charge in [-0.3, -0.25) is 9.59 Å². The van der Waals surface area contributed by atoms with Crippen molar-refractivity contribution in [2.75, 3.05) is 27.6 Å². The summed E-state index contributed by atoms with van der Waals surface area (Å²) in [6.07, 6.45) is 1.75. The number of benzene rings is 2. The number of fused-ring (bicyclic) bond motifs is 1. The highest BCUT2D eigenvalue weighted by molar-refractivity contribution is 5.97. The number of nitrogens with zero attached hydrogens (tertiary/aromatic N) is 1. The van der Waals surface area contributed by atoms with E-state index in [1.807, 2.05) is 18.2 Å². The first-order valence-electron chi connectivity index (χ1n) is 9.28. The van der Waals surface area contributed by atoms with Crippen molar-refractivity contribution in [2.45, 2.75) is 12.8 Å². The van der Waals surface area contributed by atoms with Crippen molar-refractivity contribution in [1.82, 2.24) is 10.7 Å². The molecule has 2 aromatic carbocycles. The van der Waals surface area contributed by atoms with E-state index in [9.17, 15) is 9.59 Å². The van der Waals surface area contributed by atoms with Crippen LogP contribution in [0.1, 0.15) is 17.5 Å². The Kier molecular flexibility index (Phi) is 7.09. The minimum absolute atomic E-state index is 0.188. The highest BCUT2D eigenvalue weighted by atomic mass is 16.7. The van der Waals surface area contributed by atoms with Crippen LogP contribution in [0.4, 0.5) is 0 Å². The maximum Gasteiger partial charge on any atom is 0.249 e. The first-order chi connectivity index (χ1) is 14.6. The van der Waals surface area contributed by atoms with Gasteiger partial charge in [-0.1, -0.05) is 6.07 Å². The molecule has 0 aliphatic carbocycles. The topological polar surface area (TPSA) is 107 Å². The number of hydrazone groups is 1. The van der Waals surface area contributed by atoms with Crippen LogP contribution in [-0.4, -0.2) is 45.6 Å². The molecule has 1 heterocycles. The molecule has 0 radical (unpaired) electrons. The predicted octanol–water partition coefficient (Wildman–Crippen LogP) is 1.63. The lowest BCUT2D eigenvalue weighted by atomic mass is 10.1. The van der Waals surface area contributed by atoms with E-state index in [0.29, 0.717) is 36.0 Å². The normalized spacial score (nSPS) is 11.9. The van der Waals surface area contributed by atoms with Gasteiger partial charge in [-0.2, -0.15) is 5.10 Å². The summed E-state index contributed by atoms with van der Waals surface area (Å²) in [5, 5.41) is 6.57. The summed E-state index contributed by atoms with van der Waals surface area (Å²) in [6, 6.07) is 10.8. The first-order valence-corrected chi connectivity index (χ1v) is 9.28. The summed E-state index contributed by atoms with van der Waals surface area (Å²) in [4.78, 5) is 23.8. The Hall–Kier alpha value is -3.75. The number of amides is 2. The average molecular weight is 413 g/mol. The molecule has 2 amide bonds. The fourth-order valence-corrected chi connectivity index (χ4v) is 2.80. The highest BCUT2D eigenvalue weighted by Crippen LogP contribution is 2.32. The number of methoxy groups -OCH3 is 2. The van der Waals surface area contributed by atoms with E-state index in [-0.39, 0.29) is 19.1 Å². The molecule has 0 unspecified atom stereocenters. The summed E-state index contributed by atoms with van der Waals surface area (Å²) in [5.41, 5.74) is 4.05. The highest BCUT2D eigenvalue weighted by Gasteiger charge is 2.13. The molecule has 0 spiro atoms. The quantitative estimate of drug-likeness (QED) is 0.368. The lowest BCUT2D eigenvalue weighted by molar-refractivity contribution is -0.129. The van der Waals surface area contributed by atoms with Gasteiger partial charge in [0.1, 0.15) is 6.42 Å². The van der Waals surface area contributed by atoms with Crippen LogP contribution in [-0.2, 0) is 16.0 Å². The molecule has 0 aromatic heterocycles. The molecular formula is C21H23N3O6. The van der Waals surface area contributed by atoms with Gasteiger partial charge in [0.15, 0.2) is 23.0 Å². The van der Waals surface area contributed by atoms with Crippen molar-refractivity contribution in [3.8, 4) is 23.0 Å². The number of ether oxygens (including phenoxy) is 4. The van der Waals surface area contributed by atoms with Crippen molar-refractivity contribution < 1.29 is 28.5 Å². The van der Waals surface area contributed by atoms with Crippen LogP contribution in [0.5, 0.6) is 23.0 Å². The van der Waals surface area contributed by atoms with E-state index in [0.717, 1.165) is 11.1 Å². The molecule has 0 saturated carbocycles. The Morgan fingerprint density at radius 3 is 2.63 bits per heavy atom. The Morgan fingerprint density at radius 1 is 1.03 bits per heavy atom. The first kappa shape index (κ1) is 21.0. The van der Waals surface area contributed by atoms with Crippen molar-refractivity contribution in [3.05, 3.63) is 47.5 Å². The molecule has 2 aromatic rings. The molecule has 9 nitrogen and oxygen atoms in total. The van der Waals surface area contributed by atoms with Crippen molar-refractivity contribution >= 4 is 18.0 Å². The van der Waals surface area contributed by atoms with Crippen LogP contribution in [0.15, 0.2) is 41.5 Å². The summed E-state index contributed by atoms with van der Waals surface area (Å²) in [6.45, 7) is 0.579. The fourth-order valence-electron chi connectivity index (χ4n) is 2.80. The Morgan fingerprint density at radius 2 is 1.83 bits per heavy atom. The molecule has 1 aliphatic rings. The molecule has 2 N–H and O–H groups in total. The van der Waals surface area contributed by atoms with Crippen molar-refractivity contribution in [2.24, 2.45) is 5.10 Å². The fraction of sp³-hybridized carbons (Fsp3) is 0.286. The van der Waals surface area contributed by atoms with Crippen LogP contribution in [0.3, 0.4) is 0 Å². The lowest BCUT2D eigenvalue weighted by Gasteiger charge is -2.10. The lowest BCUT2D eigenvalue weighted by Crippen LogP contribution is -2.31. The van der Waals surface area contributed by atoms with E-state index >= 15 is 0 Å². The van der Waals surface area contributed by atoms with Gasteiger partial charge in [-0.25, -0.2) is 5.43 Å². The maximum atomic E-state index is 11.9. The number of carbonyl (C=O) groups is 2. The molecule has 30 heavy (non-hydrogen) atoms. The van der Waals surface area contributed by atoms with Crippen LogP contribution < -0.4 is 29.7 Å². The SMILES string of the molecule is COc1ccc(CCNC(=O)CC(=O)NN=Cc2ccc3c(c2)OCO3)cc1OC. The number of rotatable bonds is 9. The largest absolute Gasteiger partial charge is 0.493 e. The molecule has 1 aliphatic heterocycles. The number of hydrogen-bond acceptors (Lipinski definition) is 7. The molecule has 9 heteroatoms. The maximum absolute atomic E-state index is 11.9. The third-order valence-electron chi connectivity index (χ3n) is 4.30. The Balaban J connectivity index is 1.39. The van der Waals surface area contributed by atoms with E-state index in [1.54, 1.807) is 32.4 Å². The van der Waals surface area contributed by atoms with Gasteiger partial charge in [0.05, 0.1) is 20.4 Å². The van der Waals surface area contributed by atoms with Gasteiger partial charge in [-0.05, 0) is 47.9 Å². The van der Waals surface area contributed by atoms with Crippen LogP contribution >= 0.6 is 0 Å². The van der Waals surface area contributed by atoms with Crippen molar-refractivity contribution in [1.29, 1.82) is 0 Å². The van der Waals surface area contributed by atoms with Gasteiger partial charge in [0, 0.05) is 6.54 Å². The summed E-state index contributed by atoms with van der Waals surface area (Å²) < 4.78 is 21.0. The standard InChI is InChI=1S/C21H23N3O6/c1-27-16-5-3-14(9-18(16)28-2)7-8-22-20(25)11-21(26)24-23-12-15-4-6-17-19(10-15)30-13-29-17/h3-6,9-10,12H,7-8,11,13H2,1-2H3,(H,22,25)(H,24,26). The average Bonchev–Trinajstić information content (AvgIpc) is 3.21. The van der Waals surface area contributed by atoms with E-state index < -0.39 is 5.91 Å². The molecule has 0 atom stereocenters. The number of hydrogen-bond donors (Lipinski definition) is 2. The van der Waals surface area contributed by atoms with Gasteiger partial charge >= 0.3 is 0 Å². The van der Waals surface area contributed by atoms with Crippen LogP contribution in [0, 0.1) is 0 Å². The molecule has 0 saturated heterocycles. The molecule has 158 valence electrons. The molecular weight excluding hydrogens is 390 g/mol. The van der Waals surface area contributed by atoms with Crippen LogP contribution in [0.2, 0.25) is 0 Å². The minimum Gasteiger partial charge on any atom is -0.493 e. The number of carbonyl (C=O) groups excluding carboxylic acids is 2. The smallest absolute Gasteiger partial charge is 0.249 e. The zero-order valence-electron chi connectivity index (χ0n) is 16.8. The van der Waals surface area contributed by atoms with E-state index in [2.05, 4.69) is 15.8 Å². The summed E-state index contributed by atoms with van der Waals surface area (Å²) in [7, 11) is 3.14. The number of nitrogens with one attached hydrogen (secondary N) is 2. The predicted molar refractivity (Wildman–Crippen MR) is 109 cm³/mol. The summed E-state index contributed by atoms with van der Waals surface area (Å²) in [5.74, 6) is 1.67. The van der Waals surface area contributed by atoms with Gasteiger partial charge < -0.3 is 24.3 Å². The van der Waals surface area contributed by atoms with E-state index in [1.165, 1.54) is 6.21 Å². The van der Waals surface area contributed by atoms with Crippen LogP contribution in [0.25, 0.3) is 0 Å². The molecule has 3 rings (SSSR count). The Labute approximate surface area is 174 Å².